The Labute approximate surface area is 78.5 Å². The summed E-state index contributed by atoms with van der Waals surface area (Å²) >= 11 is 0. The summed E-state index contributed by atoms with van der Waals surface area (Å²) in [4.78, 5) is 11.4. The van der Waals surface area contributed by atoms with Gasteiger partial charge >= 0.3 is 0 Å². The summed E-state index contributed by atoms with van der Waals surface area (Å²) in [7, 11) is 1.55. The van der Waals surface area contributed by atoms with Crippen molar-refractivity contribution in [3.05, 3.63) is 35.9 Å². The van der Waals surface area contributed by atoms with Crippen molar-refractivity contribution in [2.75, 3.05) is 7.11 Å². The van der Waals surface area contributed by atoms with Crippen LogP contribution in [0.3, 0.4) is 0 Å². The third kappa shape index (κ3) is 1.78. The van der Waals surface area contributed by atoms with Crippen molar-refractivity contribution in [3.8, 4) is 0 Å². The minimum Gasteiger partial charge on any atom is -0.366 e. The molecule has 0 aliphatic rings. The molecule has 0 heterocycles. The zero-order valence-electron chi connectivity index (χ0n) is 8.20. The Morgan fingerprint density at radius 1 is 1.31 bits per heavy atom. The number of ketones is 1. The number of benzene rings is 1. The minimum atomic E-state index is -0.804. The molecular weight excluding hydrogens is 164 g/mol. The van der Waals surface area contributed by atoms with Crippen molar-refractivity contribution in [1.29, 1.82) is 0 Å². The van der Waals surface area contributed by atoms with Crippen LogP contribution in [-0.2, 0) is 15.1 Å². The lowest BCUT2D eigenvalue weighted by Gasteiger charge is -2.25. The third-order valence-electron chi connectivity index (χ3n) is 2.40. The lowest BCUT2D eigenvalue weighted by atomic mass is 9.92. The molecule has 0 fully saturated rings. The SMILES string of the molecule is CO[C@@](C)(C(C)=O)c1ccccc1. The predicted octanol–water partition coefficient (Wildman–Crippen LogP) is 2.14. The van der Waals surface area contributed by atoms with Gasteiger partial charge in [0.1, 0.15) is 5.60 Å². The van der Waals surface area contributed by atoms with E-state index >= 15 is 0 Å². The van der Waals surface area contributed by atoms with E-state index in [1.165, 1.54) is 6.92 Å². The maximum atomic E-state index is 11.4. The van der Waals surface area contributed by atoms with Crippen LogP contribution < -0.4 is 0 Å². The van der Waals surface area contributed by atoms with Crippen molar-refractivity contribution < 1.29 is 9.53 Å². The molecule has 2 nitrogen and oxygen atoms in total. The maximum absolute atomic E-state index is 11.4. The van der Waals surface area contributed by atoms with Crippen LogP contribution in [0.1, 0.15) is 19.4 Å². The highest BCUT2D eigenvalue weighted by atomic mass is 16.5. The fourth-order valence-electron chi connectivity index (χ4n) is 1.22. The quantitative estimate of drug-likeness (QED) is 0.708. The Hall–Kier alpha value is -1.15. The fourth-order valence-corrected chi connectivity index (χ4v) is 1.22. The van der Waals surface area contributed by atoms with E-state index in [4.69, 9.17) is 4.74 Å². The standard InChI is InChI=1S/C11H14O2/c1-9(12)11(2,13-3)10-7-5-4-6-8-10/h4-8H,1-3H3/t11-/m0/s1. The van der Waals surface area contributed by atoms with Gasteiger partial charge in [0, 0.05) is 7.11 Å². The molecule has 2 heteroatoms. The molecule has 0 spiro atoms. The van der Waals surface area contributed by atoms with Gasteiger partial charge in [-0.25, -0.2) is 0 Å². The molecule has 1 rings (SSSR count). The Bertz CT molecular complexity index is 292. The molecule has 0 saturated heterocycles. The number of methoxy groups -OCH3 is 1. The molecule has 0 bridgehead atoms. The van der Waals surface area contributed by atoms with Crippen molar-refractivity contribution in [3.63, 3.8) is 0 Å². The largest absolute Gasteiger partial charge is 0.366 e. The average molecular weight is 178 g/mol. The normalized spacial score (nSPS) is 15.0. The summed E-state index contributed by atoms with van der Waals surface area (Å²) in [6.45, 7) is 3.32. The molecule has 0 radical (unpaired) electrons. The number of carbonyl (C=O) groups excluding carboxylic acids is 1. The van der Waals surface area contributed by atoms with Crippen molar-refractivity contribution in [1.82, 2.24) is 0 Å². The molecule has 13 heavy (non-hydrogen) atoms. The van der Waals surface area contributed by atoms with Crippen molar-refractivity contribution in [2.24, 2.45) is 0 Å². The van der Waals surface area contributed by atoms with E-state index < -0.39 is 5.60 Å². The van der Waals surface area contributed by atoms with E-state index in [1.807, 2.05) is 30.3 Å². The highest BCUT2D eigenvalue weighted by Crippen LogP contribution is 2.24. The first-order chi connectivity index (χ1) is 6.11. The van der Waals surface area contributed by atoms with Gasteiger partial charge < -0.3 is 4.74 Å². The second-order valence-electron chi connectivity index (χ2n) is 3.16. The van der Waals surface area contributed by atoms with Crippen LogP contribution in [0.2, 0.25) is 0 Å². The van der Waals surface area contributed by atoms with Gasteiger partial charge in [-0.3, -0.25) is 4.79 Å². The molecule has 0 amide bonds. The van der Waals surface area contributed by atoms with Crippen LogP contribution in [0, 0.1) is 0 Å². The van der Waals surface area contributed by atoms with Crippen LogP contribution in [0.15, 0.2) is 30.3 Å². The summed E-state index contributed by atoms with van der Waals surface area (Å²) in [6.07, 6.45) is 0. The van der Waals surface area contributed by atoms with E-state index in [0.717, 1.165) is 5.56 Å². The topological polar surface area (TPSA) is 26.3 Å². The van der Waals surface area contributed by atoms with Crippen molar-refractivity contribution >= 4 is 5.78 Å². The summed E-state index contributed by atoms with van der Waals surface area (Å²) in [5.74, 6) is 0.0150. The lowest BCUT2D eigenvalue weighted by molar-refractivity contribution is -0.137. The monoisotopic (exact) mass is 178 g/mol. The van der Waals surface area contributed by atoms with Crippen LogP contribution >= 0.6 is 0 Å². The Morgan fingerprint density at radius 2 is 1.85 bits per heavy atom. The number of hydrogen-bond acceptors (Lipinski definition) is 2. The summed E-state index contributed by atoms with van der Waals surface area (Å²) in [6, 6.07) is 9.50. The fraction of sp³-hybridized carbons (Fsp3) is 0.364. The summed E-state index contributed by atoms with van der Waals surface area (Å²) < 4.78 is 5.24. The molecule has 70 valence electrons. The molecule has 0 N–H and O–H groups in total. The number of ether oxygens (including phenoxy) is 1. The molecule has 0 aromatic heterocycles. The summed E-state index contributed by atoms with van der Waals surface area (Å²) in [5.41, 5.74) is 0.0892. The zero-order valence-corrected chi connectivity index (χ0v) is 8.20. The van der Waals surface area contributed by atoms with E-state index in [2.05, 4.69) is 0 Å². The van der Waals surface area contributed by atoms with E-state index in [0.29, 0.717) is 0 Å². The third-order valence-corrected chi connectivity index (χ3v) is 2.40. The summed E-state index contributed by atoms with van der Waals surface area (Å²) in [5, 5.41) is 0. The zero-order chi connectivity index (χ0) is 9.90. The second kappa shape index (κ2) is 3.71. The van der Waals surface area contributed by atoms with Crippen LogP contribution in [0.25, 0.3) is 0 Å². The van der Waals surface area contributed by atoms with E-state index in [1.54, 1.807) is 14.0 Å². The average Bonchev–Trinajstić information content (AvgIpc) is 2.17. The number of Topliss-reactive ketones (excluding diaryl/α,β-unsaturated/α-hetero) is 1. The highest BCUT2D eigenvalue weighted by molar-refractivity contribution is 5.85. The van der Waals surface area contributed by atoms with Gasteiger partial charge in [0.05, 0.1) is 0 Å². The van der Waals surface area contributed by atoms with Gasteiger partial charge in [0.15, 0.2) is 5.78 Å². The molecule has 1 aromatic carbocycles. The number of rotatable bonds is 3. The number of hydrogen-bond donors (Lipinski definition) is 0. The number of carbonyl (C=O) groups is 1. The maximum Gasteiger partial charge on any atom is 0.165 e. The first kappa shape index (κ1) is 9.93. The van der Waals surface area contributed by atoms with Gasteiger partial charge in [-0.05, 0) is 19.4 Å². The smallest absolute Gasteiger partial charge is 0.165 e. The Morgan fingerprint density at radius 3 is 2.23 bits per heavy atom. The second-order valence-corrected chi connectivity index (χ2v) is 3.16. The van der Waals surface area contributed by atoms with Gasteiger partial charge in [0.2, 0.25) is 0 Å². The first-order valence-corrected chi connectivity index (χ1v) is 4.23. The molecule has 0 aliphatic heterocycles. The minimum absolute atomic E-state index is 0.0150. The molecule has 0 aliphatic carbocycles. The first-order valence-electron chi connectivity index (χ1n) is 4.23. The highest BCUT2D eigenvalue weighted by Gasteiger charge is 2.31. The van der Waals surface area contributed by atoms with Crippen LogP contribution in [-0.4, -0.2) is 12.9 Å². The van der Waals surface area contributed by atoms with Crippen molar-refractivity contribution in [2.45, 2.75) is 19.4 Å². The molecule has 0 saturated carbocycles. The predicted molar refractivity (Wildman–Crippen MR) is 51.5 cm³/mol. The lowest BCUT2D eigenvalue weighted by Crippen LogP contribution is -2.32. The Balaban J connectivity index is 3.11. The molecular formula is C11H14O2. The van der Waals surface area contributed by atoms with E-state index in [-0.39, 0.29) is 5.78 Å². The Kier molecular flexibility index (Phi) is 2.83. The van der Waals surface area contributed by atoms with E-state index in [9.17, 15) is 4.79 Å². The molecule has 1 aromatic rings. The van der Waals surface area contributed by atoms with Gasteiger partial charge in [-0.1, -0.05) is 30.3 Å². The molecule has 1 atom stereocenters. The molecule has 0 unspecified atom stereocenters. The van der Waals surface area contributed by atoms with Gasteiger partial charge in [-0.2, -0.15) is 0 Å². The van der Waals surface area contributed by atoms with Crippen LogP contribution in [0.4, 0.5) is 0 Å². The van der Waals surface area contributed by atoms with Crippen LogP contribution in [0.5, 0.6) is 0 Å². The van der Waals surface area contributed by atoms with Gasteiger partial charge in [-0.15, -0.1) is 0 Å². The van der Waals surface area contributed by atoms with Gasteiger partial charge in [0.25, 0.3) is 0 Å².